The zero-order valence-corrected chi connectivity index (χ0v) is 19.2. The number of benzene rings is 2. The average molecular weight is 487 g/mol. The number of hydrogen-bond acceptors (Lipinski definition) is 8. The SMILES string of the molecule is CCS(=O)Nc1ccc(C(=N)c2c(N)ncc([N+](=O)[O-])c2NC)cc1OCc1ccc(F)cc1. The molecule has 10 nitrogen and oxygen atoms in total. The van der Waals surface area contributed by atoms with Crippen molar-refractivity contribution in [2.75, 3.05) is 28.6 Å². The van der Waals surface area contributed by atoms with Crippen LogP contribution in [0.4, 0.5) is 27.3 Å². The molecule has 0 aliphatic carbocycles. The molecule has 0 fully saturated rings. The summed E-state index contributed by atoms with van der Waals surface area (Å²) < 4.78 is 34.0. The first-order chi connectivity index (χ1) is 16.2. The number of ether oxygens (including phenoxy) is 1. The van der Waals surface area contributed by atoms with Crippen molar-refractivity contribution in [3.8, 4) is 5.75 Å². The number of nitro groups is 1. The van der Waals surface area contributed by atoms with Gasteiger partial charge in [-0.3, -0.25) is 15.5 Å². The molecule has 0 aliphatic heterocycles. The number of aromatic nitrogens is 1. The monoisotopic (exact) mass is 486 g/mol. The Morgan fingerprint density at radius 2 is 2.00 bits per heavy atom. The lowest BCUT2D eigenvalue weighted by atomic mass is 10.00. The van der Waals surface area contributed by atoms with E-state index in [1.807, 2.05) is 0 Å². The fraction of sp³-hybridized carbons (Fsp3) is 0.182. The second kappa shape index (κ2) is 10.7. The standard InChI is InChI=1S/C22H23FN6O4S/c1-3-34(32)28-16-9-6-14(10-18(16)33-12-13-4-7-15(23)8-5-13)20(24)19-21(26-2)17(29(30)31)11-27-22(19)25/h4-11,24,28H,3,12H2,1-2H3,(H3,25,26,27). The molecule has 5 N–H and O–H groups in total. The van der Waals surface area contributed by atoms with E-state index in [0.717, 1.165) is 6.20 Å². The number of pyridine rings is 1. The van der Waals surface area contributed by atoms with E-state index in [9.17, 15) is 18.7 Å². The number of nitrogens with one attached hydrogen (secondary N) is 3. The summed E-state index contributed by atoms with van der Waals surface area (Å²) in [6, 6.07) is 10.5. The molecule has 0 amide bonds. The minimum absolute atomic E-state index is 0.0528. The van der Waals surface area contributed by atoms with Crippen LogP contribution in [0.3, 0.4) is 0 Å². The molecule has 0 saturated heterocycles. The smallest absolute Gasteiger partial charge is 0.311 e. The summed E-state index contributed by atoms with van der Waals surface area (Å²) in [5.41, 5.74) is 7.14. The second-order valence-corrected chi connectivity index (χ2v) is 8.50. The summed E-state index contributed by atoms with van der Waals surface area (Å²) in [6.07, 6.45) is 1.03. The van der Waals surface area contributed by atoms with Gasteiger partial charge in [-0.2, -0.15) is 0 Å². The minimum Gasteiger partial charge on any atom is -0.487 e. The average Bonchev–Trinajstić information content (AvgIpc) is 2.83. The van der Waals surface area contributed by atoms with Gasteiger partial charge in [-0.05, 0) is 29.8 Å². The summed E-state index contributed by atoms with van der Waals surface area (Å²) in [5.74, 6) is 0.221. The van der Waals surface area contributed by atoms with Crippen molar-refractivity contribution in [1.29, 1.82) is 5.41 Å². The maximum absolute atomic E-state index is 13.2. The van der Waals surface area contributed by atoms with E-state index >= 15 is 0 Å². The fourth-order valence-electron chi connectivity index (χ4n) is 3.12. The van der Waals surface area contributed by atoms with Gasteiger partial charge in [-0.1, -0.05) is 25.1 Å². The highest BCUT2D eigenvalue weighted by molar-refractivity contribution is 7.86. The lowest BCUT2D eigenvalue weighted by Gasteiger charge is -2.16. The fourth-order valence-corrected chi connectivity index (χ4v) is 3.68. The van der Waals surface area contributed by atoms with Crippen molar-refractivity contribution in [2.45, 2.75) is 13.5 Å². The zero-order valence-electron chi connectivity index (χ0n) is 18.4. The summed E-state index contributed by atoms with van der Waals surface area (Å²) >= 11 is 0. The van der Waals surface area contributed by atoms with Gasteiger partial charge in [0.15, 0.2) is 0 Å². The van der Waals surface area contributed by atoms with Crippen LogP contribution in [0.5, 0.6) is 5.75 Å². The van der Waals surface area contributed by atoms with Gasteiger partial charge in [0.2, 0.25) is 0 Å². The highest BCUT2D eigenvalue weighted by Crippen LogP contribution is 2.34. The molecule has 1 unspecified atom stereocenters. The Bertz CT molecular complexity index is 1250. The Morgan fingerprint density at radius 3 is 2.62 bits per heavy atom. The van der Waals surface area contributed by atoms with Gasteiger partial charge >= 0.3 is 5.69 Å². The quantitative estimate of drug-likeness (QED) is 0.193. The zero-order chi connectivity index (χ0) is 24.8. The number of nitrogens with zero attached hydrogens (tertiary/aromatic N) is 2. The number of anilines is 3. The van der Waals surface area contributed by atoms with E-state index in [4.69, 9.17) is 15.9 Å². The van der Waals surface area contributed by atoms with Crippen LogP contribution in [-0.4, -0.2) is 32.6 Å². The first-order valence-electron chi connectivity index (χ1n) is 10.1. The Morgan fingerprint density at radius 1 is 1.29 bits per heavy atom. The molecule has 0 aliphatic rings. The largest absolute Gasteiger partial charge is 0.487 e. The number of halogens is 1. The molecule has 12 heteroatoms. The topological polar surface area (TPSA) is 156 Å². The Kier molecular flexibility index (Phi) is 7.74. The molecule has 3 aromatic rings. The predicted molar refractivity (Wildman–Crippen MR) is 130 cm³/mol. The number of nitrogen functional groups attached to an aromatic ring is 1. The van der Waals surface area contributed by atoms with Crippen LogP contribution in [-0.2, 0) is 17.6 Å². The molecule has 1 atom stereocenters. The van der Waals surface area contributed by atoms with Crippen molar-refractivity contribution in [3.05, 3.63) is 81.3 Å². The number of rotatable bonds is 10. The van der Waals surface area contributed by atoms with Crippen LogP contribution in [0.2, 0.25) is 0 Å². The highest BCUT2D eigenvalue weighted by Gasteiger charge is 2.24. The minimum atomic E-state index is -1.36. The predicted octanol–water partition coefficient (Wildman–Crippen LogP) is 3.84. The van der Waals surface area contributed by atoms with E-state index in [-0.39, 0.29) is 46.6 Å². The van der Waals surface area contributed by atoms with E-state index in [1.165, 1.54) is 19.2 Å². The molecule has 178 valence electrons. The summed E-state index contributed by atoms with van der Waals surface area (Å²) in [7, 11) is 0.131. The third-order valence-corrected chi connectivity index (χ3v) is 5.82. The normalized spacial score (nSPS) is 11.5. The van der Waals surface area contributed by atoms with Crippen molar-refractivity contribution < 1.29 is 18.3 Å². The number of hydrogen-bond donors (Lipinski definition) is 4. The maximum atomic E-state index is 13.2. The van der Waals surface area contributed by atoms with Gasteiger partial charge in [0.25, 0.3) is 0 Å². The third-order valence-electron chi connectivity index (χ3n) is 4.85. The Balaban J connectivity index is 2.02. The summed E-state index contributed by atoms with van der Waals surface area (Å²) in [4.78, 5) is 14.7. The molecule has 1 aromatic heterocycles. The third kappa shape index (κ3) is 5.46. The van der Waals surface area contributed by atoms with Crippen LogP contribution in [0.15, 0.2) is 48.7 Å². The van der Waals surface area contributed by atoms with Gasteiger partial charge in [0.1, 0.15) is 46.9 Å². The molecule has 2 aromatic carbocycles. The first-order valence-corrected chi connectivity index (χ1v) is 11.4. The van der Waals surface area contributed by atoms with Crippen LogP contribution >= 0.6 is 0 Å². The lowest BCUT2D eigenvalue weighted by molar-refractivity contribution is -0.384. The van der Waals surface area contributed by atoms with Crippen molar-refractivity contribution in [1.82, 2.24) is 4.98 Å². The van der Waals surface area contributed by atoms with Gasteiger partial charge in [0, 0.05) is 18.4 Å². The molecular weight excluding hydrogens is 463 g/mol. The highest BCUT2D eigenvalue weighted by atomic mass is 32.2. The van der Waals surface area contributed by atoms with E-state index < -0.39 is 15.9 Å². The van der Waals surface area contributed by atoms with Gasteiger partial charge in [-0.25, -0.2) is 13.6 Å². The van der Waals surface area contributed by atoms with Crippen molar-refractivity contribution >= 4 is 39.6 Å². The van der Waals surface area contributed by atoms with E-state index in [2.05, 4.69) is 15.0 Å². The lowest BCUT2D eigenvalue weighted by Crippen LogP contribution is -2.13. The van der Waals surface area contributed by atoms with Crippen LogP contribution in [0.1, 0.15) is 23.6 Å². The molecule has 0 bridgehead atoms. The molecule has 0 saturated carbocycles. The van der Waals surface area contributed by atoms with Gasteiger partial charge < -0.3 is 20.5 Å². The summed E-state index contributed by atoms with van der Waals surface area (Å²) in [5, 5.41) is 22.8. The first kappa shape index (κ1) is 24.6. The summed E-state index contributed by atoms with van der Waals surface area (Å²) in [6.45, 7) is 1.84. The van der Waals surface area contributed by atoms with Crippen LogP contribution in [0.25, 0.3) is 0 Å². The molecule has 0 radical (unpaired) electrons. The Labute approximate surface area is 197 Å². The van der Waals surface area contributed by atoms with Crippen LogP contribution in [0, 0.1) is 21.3 Å². The second-order valence-electron chi connectivity index (χ2n) is 7.02. The van der Waals surface area contributed by atoms with Crippen molar-refractivity contribution in [3.63, 3.8) is 0 Å². The van der Waals surface area contributed by atoms with E-state index in [1.54, 1.807) is 37.3 Å². The number of nitrogens with two attached hydrogens (primary N) is 1. The van der Waals surface area contributed by atoms with Gasteiger partial charge in [-0.15, -0.1) is 0 Å². The maximum Gasteiger partial charge on any atom is 0.311 e. The molecule has 34 heavy (non-hydrogen) atoms. The van der Waals surface area contributed by atoms with Crippen LogP contribution < -0.4 is 20.5 Å². The molecule has 1 heterocycles. The van der Waals surface area contributed by atoms with Crippen molar-refractivity contribution in [2.24, 2.45) is 0 Å². The van der Waals surface area contributed by atoms with Gasteiger partial charge in [0.05, 0.1) is 21.9 Å². The Hall–Kier alpha value is -4.06. The molecule has 0 spiro atoms. The molecular formula is C22H23FN6O4S. The van der Waals surface area contributed by atoms with E-state index in [0.29, 0.717) is 22.6 Å². The molecule has 3 rings (SSSR count).